The molecule has 8 nitrogen and oxygen atoms in total. The van der Waals surface area contributed by atoms with Gasteiger partial charge in [-0.3, -0.25) is 4.79 Å². The predicted octanol–water partition coefficient (Wildman–Crippen LogP) is 5.07. The van der Waals surface area contributed by atoms with Crippen LogP contribution in [0.4, 0.5) is 5.69 Å². The Kier molecular flexibility index (Phi) is 6.67. The number of aromatic nitrogens is 3. The molecule has 0 radical (unpaired) electrons. The molecule has 1 N–H and O–H groups in total. The molecule has 2 aromatic carbocycles. The van der Waals surface area contributed by atoms with Gasteiger partial charge in [0, 0.05) is 23.5 Å². The summed E-state index contributed by atoms with van der Waals surface area (Å²) in [5.74, 6) is 1.77. The minimum Gasteiger partial charge on any atom is -0.497 e. The van der Waals surface area contributed by atoms with E-state index in [9.17, 15) is 4.79 Å². The number of hydrogen-bond donors (Lipinski definition) is 1. The van der Waals surface area contributed by atoms with Crippen molar-refractivity contribution in [1.29, 1.82) is 0 Å². The minimum atomic E-state index is -0.269. The number of fused-ring (bicyclic) bond motifs is 1. The lowest BCUT2D eigenvalue weighted by molar-refractivity contribution is 0.102. The maximum absolute atomic E-state index is 13.0. The molecule has 4 aromatic rings. The number of benzene rings is 2. The molecule has 0 fully saturated rings. The molecule has 0 spiro atoms. The molecule has 0 bridgehead atoms. The molecule has 176 valence electrons. The number of hydrogen-bond acceptors (Lipinski definition) is 6. The molecule has 0 saturated carbocycles. The van der Waals surface area contributed by atoms with Crippen molar-refractivity contribution in [1.82, 2.24) is 14.6 Å². The molecular formula is C26H28N4O4. The number of ether oxygens (including phenoxy) is 3. The summed E-state index contributed by atoms with van der Waals surface area (Å²) in [6, 6.07) is 13.0. The molecule has 0 unspecified atom stereocenters. The average molecular weight is 461 g/mol. The fraction of sp³-hybridized carbons (Fsp3) is 0.269. The van der Waals surface area contributed by atoms with Gasteiger partial charge < -0.3 is 19.5 Å². The first-order valence-electron chi connectivity index (χ1n) is 11.2. The molecule has 0 aliphatic heterocycles. The molecule has 2 heterocycles. The molecule has 2 aromatic heterocycles. The molecular weight excluding hydrogens is 432 g/mol. The van der Waals surface area contributed by atoms with Crippen molar-refractivity contribution in [3.05, 3.63) is 65.6 Å². The number of anilines is 1. The van der Waals surface area contributed by atoms with Gasteiger partial charge in [0.2, 0.25) is 0 Å². The number of nitrogens with zero attached hydrogens (tertiary/aromatic N) is 3. The number of carbonyl (C=O) groups is 1. The van der Waals surface area contributed by atoms with Gasteiger partial charge in [-0.15, -0.1) is 0 Å². The average Bonchev–Trinajstić information content (AvgIpc) is 3.17. The van der Waals surface area contributed by atoms with Crippen molar-refractivity contribution in [2.24, 2.45) is 0 Å². The highest BCUT2D eigenvalue weighted by Crippen LogP contribution is 2.36. The van der Waals surface area contributed by atoms with Crippen LogP contribution in [0.5, 0.6) is 17.2 Å². The lowest BCUT2D eigenvalue weighted by Crippen LogP contribution is -2.16. The minimum absolute atomic E-state index is 0.269. The van der Waals surface area contributed by atoms with Gasteiger partial charge in [0.15, 0.2) is 17.1 Å². The maximum atomic E-state index is 13.0. The SMILES string of the molecule is CCOc1ccc(-c2c(C)nn3c(C)c(C(=O)Nc4cccc(OC)c4)cnc23)cc1OCC. The van der Waals surface area contributed by atoms with Gasteiger partial charge in [-0.1, -0.05) is 12.1 Å². The lowest BCUT2D eigenvalue weighted by Gasteiger charge is -2.12. The first-order valence-corrected chi connectivity index (χ1v) is 11.2. The second-order valence-corrected chi connectivity index (χ2v) is 7.67. The van der Waals surface area contributed by atoms with E-state index in [2.05, 4.69) is 15.4 Å². The van der Waals surface area contributed by atoms with Crippen LogP contribution in [0.25, 0.3) is 16.8 Å². The second-order valence-electron chi connectivity index (χ2n) is 7.67. The third kappa shape index (κ3) is 4.39. The van der Waals surface area contributed by atoms with E-state index in [1.807, 2.05) is 58.0 Å². The van der Waals surface area contributed by atoms with Gasteiger partial charge in [-0.2, -0.15) is 5.10 Å². The Morgan fingerprint density at radius 2 is 1.79 bits per heavy atom. The largest absolute Gasteiger partial charge is 0.497 e. The molecule has 0 saturated heterocycles. The number of aryl methyl sites for hydroxylation is 2. The fourth-order valence-electron chi connectivity index (χ4n) is 3.87. The Bertz CT molecular complexity index is 1350. The highest BCUT2D eigenvalue weighted by atomic mass is 16.5. The molecule has 1 amide bonds. The Balaban J connectivity index is 1.72. The number of rotatable bonds is 8. The number of amides is 1. The highest BCUT2D eigenvalue weighted by molar-refractivity contribution is 6.05. The van der Waals surface area contributed by atoms with E-state index in [1.54, 1.807) is 30.0 Å². The van der Waals surface area contributed by atoms with Gasteiger partial charge >= 0.3 is 0 Å². The van der Waals surface area contributed by atoms with E-state index in [0.29, 0.717) is 53.1 Å². The normalized spacial score (nSPS) is 10.9. The van der Waals surface area contributed by atoms with Gasteiger partial charge in [0.05, 0.1) is 37.3 Å². The molecule has 0 aliphatic carbocycles. The Labute approximate surface area is 198 Å². The topological polar surface area (TPSA) is 87.0 Å². The fourth-order valence-corrected chi connectivity index (χ4v) is 3.87. The van der Waals surface area contributed by atoms with Crippen molar-refractivity contribution < 1.29 is 19.0 Å². The summed E-state index contributed by atoms with van der Waals surface area (Å²) < 4.78 is 18.4. The van der Waals surface area contributed by atoms with Crippen LogP contribution in [0.1, 0.15) is 35.6 Å². The molecule has 4 rings (SSSR count). The first kappa shape index (κ1) is 23.1. The monoisotopic (exact) mass is 460 g/mol. The second kappa shape index (κ2) is 9.82. The Morgan fingerprint density at radius 3 is 2.53 bits per heavy atom. The highest BCUT2D eigenvalue weighted by Gasteiger charge is 2.20. The lowest BCUT2D eigenvalue weighted by atomic mass is 10.1. The summed E-state index contributed by atoms with van der Waals surface area (Å²) in [5.41, 5.74) is 5.03. The smallest absolute Gasteiger partial charge is 0.259 e. The third-order valence-electron chi connectivity index (χ3n) is 5.46. The summed E-state index contributed by atoms with van der Waals surface area (Å²) in [5, 5.41) is 7.58. The van der Waals surface area contributed by atoms with E-state index < -0.39 is 0 Å². The van der Waals surface area contributed by atoms with Crippen molar-refractivity contribution in [2.75, 3.05) is 25.6 Å². The first-order chi connectivity index (χ1) is 16.5. The predicted molar refractivity (Wildman–Crippen MR) is 131 cm³/mol. The van der Waals surface area contributed by atoms with Crippen LogP contribution in [0, 0.1) is 13.8 Å². The van der Waals surface area contributed by atoms with Crippen LogP contribution in [-0.4, -0.2) is 40.8 Å². The van der Waals surface area contributed by atoms with Crippen molar-refractivity contribution >= 4 is 17.2 Å². The summed E-state index contributed by atoms with van der Waals surface area (Å²) in [6.07, 6.45) is 1.59. The van der Waals surface area contributed by atoms with Gasteiger partial charge in [0.1, 0.15) is 5.75 Å². The van der Waals surface area contributed by atoms with E-state index in [1.165, 1.54) is 0 Å². The molecule has 8 heteroatoms. The van der Waals surface area contributed by atoms with Gasteiger partial charge in [0.25, 0.3) is 5.91 Å². The standard InChI is InChI=1S/C26H28N4O4/c1-6-33-22-12-11-18(13-23(22)34-7-2)24-16(3)29-30-17(4)21(15-27-25(24)30)26(31)28-19-9-8-10-20(14-19)32-5/h8-15H,6-7H2,1-5H3,(H,28,31). The molecule has 0 atom stereocenters. The van der Waals surface area contributed by atoms with E-state index in [-0.39, 0.29) is 5.91 Å². The summed E-state index contributed by atoms with van der Waals surface area (Å²) in [7, 11) is 1.59. The van der Waals surface area contributed by atoms with Crippen LogP contribution in [0.2, 0.25) is 0 Å². The Morgan fingerprint density at radius 1 is 1.03 bits per heavy atom. The quantitative estimate of drug-likeness (QED) is 0.395. The summed E-state index contributed by atoms with van der Waals surface area (Å²) >= 11 is 0. The van der Waals surface area contributed by atoms with Crippen LogP contribution in [-0.2, 0) is 0 Å². The zero-order valence-corrected chi connectivity index (χ0v) is 20.0. The van der Waals surface area contributed by atoms with E-state index >= 15 is 0 Å². The number of methoxy groups -OCH3 is 1. The van der Waals surface area contributed by atoms with E-state index in [4.69, 9.17) is 14.2 Å². The summed E-state index contributed by atoms with van der Waals surface area (Å²) in [6.45, 7) is 8.74. The van der Waals surface area contributed by atoms with Crippen molar-refractivity contribution in [3.63, 3.8) is 0 Å². The van der Waals surface area contributed by atoms with Gasteiger partial charge in [-0.25, -0.2) is 9.50 Å². The van der Waals surface area contributed by atoms with Crippen LogP contribution in [0.15, 0.2) is 48.7 Å². The van der Waals surface area contributed by atoms with Crippen molar-refractivity contribution in [2.45, 2.75) is 27.7 Å². The summed E-state index contributed by atoms with van der Waals surface area (Å²) in [4.78, 5) is 17.6. The van der Waals surface area contributed by atoms with Crippen LogP contribution in [0.3, 0.4) is 0 Å². The molecule has 34 heavy (non-hydrogen) atoms. The van der Waals surface area contributed by atoms with E-state index in [0.717, 1.165) is 16.8 Å². The zero-order valence-electron chi connectivity index (χ0n) is 20.0. The maximum Gasteiger partial charge on any atom is 0.259 e. The third-order valence-corrected chi connectivity index (χ3v) is 5.46. The van der Waals surface area contributed by atoms with Crippen molar-refractivity contribution in [3.8, 4) is 28.4 Å². The van der Waals surface area contributed by atoms with Crippen LogP contribution >= 0.6 is 0 Å². The zero-order chi connectivity index (χ0) is 24.2. The number of carbonyl (C=O) groups excluding carboxylic acids is 1. The molecule has 0 aliphatic rings. The number of nitrogens with one attached hydrogen (secondary N) is 1. The van der Waals surface area contributed by atoms with Gasteiger partial charge in [-0.05, 0) is 57.5 Å². The van der Waals surface area contributed by atoms with Crippen LogP contribution < -0.4 is 19.5 Å². The Hall–Kier alpha value is -4.07.